The Morgan fingerprint density at radius 3 is 2.00 bits per heavy atom. The largest absolute Gasteiger partial charge is 0 e. The van der Waals surface area contributed by atoms with Gasteiger partial charge in [-0.2, -0.15) is 0 Å². The first-order chi connectivity index (χ1) is 8.70. The zero-order valence-corrected chi connectivity index (χ0v) is 11.4. The van der Waals surface area contributed by atoms with Gasteiger partial charge in [0.2, 0.25) is 0 Å². The van der Waals surface area contributed by atoms with E-state index in [2.05, 4.69) is 24.7 Å². The van der Waals surface area contributed by atoms with E-state index in [0.29, 0.717) is 6.42 Å². The minimum Gasteiger partial charge on any atom is 0 e. The molecule has 0 aliphatic heterocycles. The predicted molar refractivity (Wildman–Crippen MR) is 56.2 cm³/mol. The molecule has 0 spiro atoms. The van der Waals surface area contributed by atoms with Crippen molar-refractivity contribution in [3.05, 3.63) is 39.2 Å². The Hall–Kier alpha value is -1.12. The standard InChI is InChI=1S/C9H12O3.3CO.Fe/c1-3-9(11)6-4-5-8(2)12-7-10;3*1-2;/h4-6,8H,3H2,1-2H3;;;;/q-1;;;;/t8-;;;;/m0..../s1. The molecule has 0 fully saturated rings. The van der Waals surface area contributed by atoms with E-state index >= 15 is 0 Å². The minimum absolute atomic E-state index is 0. The van der Waals surface area contributed by atoms with Crippen LogP contribution in [0.1, 0.15) is 20.3 Å². The van der Waals surface area contributed by atoms with Crippen molar-refractivity contribution in [1.82, 2.24) is 0 Å². The topological polar surface area (TPSA) is 103 Å². The second kappa shape index (κ2) is 36.0. The van der Waals surface area contributed by atoms with Gasteiger partial charge in [0.15, 0.2) is 0 Å². The van der Waals surface area contributed by atoms with E-state index in [1.165, 1.54) is 12.9 Å². The first-order valence-corrected chi connectivity index (χ1v) is 4.39. The fourth-order valence-electron chi connectivity index (χ4n) is 0.552. The smallest absolute Gasteiger partial charge is 0 e. The van der Waals surface area contributed by atoms with E-state index < -0.39 is 0 Å². The molecule has 0 aromatic heterocycles. The van der Waals surface area contributed by atoms with Crippen LogP contribution in [0.25, 0.3) is 0 Å². The number of Topliss-reactive ketones (excluding diaryl/α,β-unsaturated/α-hetero) is 1. The van der Waals surface area contributed by atoms with Crippen LogP contribution in [0.4, 0.5) is 0 Å². The molecule has 0 aliphatic carbocycles. The van der Waals surface area contributed by atoms with Crippen molar-refractivity contribution in [1.29, 1.82) is 0 Å². The Bertz CT molecular complexity index is 232. The van der Waals surface area contributed by atoms with Gasteiger partial charge in [-0.3, -0.25) is 4.79 Å². The molecule has 1 atom stereocenters. The number of hydrogen-bond donors (Lipinski definition) is 0. The average molecular weight is 308 g/mol. The monoisotopic (exact) mass is 308 g/mol. The number of hydrogen-bond acceptors (Lipinski definition) is 3. The van der Waals surface area contributed by atoms with Crippen molar-refractivity contribution < 1.29 is 45.4 Å². The summed E-state index contributed by atoms with van der Waals surface area (Å²) in [7, 11) is 0. The summed E-state index contributed by atoms with van der Waals surface area (Å²) in [6, 6.07) is 0. The Balaban J connectivity index is -0.0000000816. The van der Waals surface area contributed by atoms with Crippen molar-refractivity contribution >= 4 is 12.3 Å². The van der Waals surface area contributed by atoms with Gasteiger partial charge in [0, 0.05) is 36.3 Å². The fraction of sp³-hybridized carbons (Fsp3) is 0.333. The molecule has 0 saturated carbocycles. The molecular formula is C12H12FeO6-. The van der Waals surface area contributed by atoms with Gasteiger partial charge < -0.3 is 9.53 Å². The summed E-state index contributed by atoms with van der Waals surface area (Å²) < 4.78 is 26.9. The van der Waals surface area contributed by atoms with E-state index in [1.54, 1.807) is 26.7 Å². The Kier molecular flexibility index (Phi) is 58.1. The van der Waals surface area contributed by atoms with Gasteiger partial charge in [-0.15, -0.1) is 0 Å². The predicted octanol–water partition coefficient (Wildman–Crippen LogP) is 0.936. The summed E-state index contributed by atoms with van der Waals surface area (Å²) in [5, 5.41) is 0. The zero-order chi connectivity index (χ0) is 15.4. The van der Waals surface area contributed by atoms with Crippen LogP contribution in [0.5, 0.6) is 0 Å². The molecule has 0 saturated heterocycles. The SMILES string of the molecule is CCC(=O)[CH][CH][CH][C@H](C)O[C-]=O.[C-]#[O+].[C-]#[O+].[C-]#[O+].[Fe]. The van der Waals surface area contributed by atoms with E-state index in [0.717, 1.165) is 0 Å². The van der Waals surface area contributed by atoms with Gasteiger partial charge in [0.1, 0.15) is 5.78 Å². The van der Waals surface area contributed by atoms with Crippen LogP contribution in [-0.4, -0.2) is 18.4 Å². The van der Waals surface area contributed by atoms with Crippen LogP contribution in [0.15, 0.2) is 0 Å². The van der Waals surface area contributed by atoms with Gasteiger partial charge in [-0.25, -0.2) is 0 Å². The van der Waals surface area contributed by atoms with Crippen LogP contribution in [-0.2, 0) is 45.4 Å². The molecule has 0 rings (SSSR count). The maximum Gasteiger partial charge on any atom is 0 e. The second-order valence-corrected chi connectivity index (χ2v) is 2.28. The molecule has 105 valence electrons. The second-order valence-electron chi connectivity index (χ2n) is 2.28. The normalized spacial score (nSPS) is 8.00. The van der Waals surface area contributed by atoms with Crippen LogP contribution in [0.3, 0.4) is 0 Å². The van der Waals surface area contributed by atoms with Gasteiger partial charge in [-0.1, -0.05) is 13.4 Å². The maximum absolute atomic E-state index is 10.7. The Labute approximate surface area is 123 Å². The molecule has 3 radical (unpaired) electrons. The van der Waals surface area contributed by atoms with Crippen molar-refractivity contribution in [3.63, 3.8) is 0 Å². The third kappa shape index (κ3) is 38.3. The fourth-order valence-corrected chi connectivity index (χ4v) is 0.552. The number of carbonyl (C=O) groups excluding carboxylic acids is 2. The quantitative estimate of drug-likeness (QED) is 0.397. The third-order valence-corrected chi connectivity index (χ3v) is 1.25. The first kappa shape index (κ1) is 30.7. The van der Waals surface area contributed by atoms with Gasteiger partial charge in [-0.05, 0) is 13.3 Å². The summed E-state index contributed by atoms with van der Waals surface area (Å²) in [4.78, 5) is 20.4. The summed E-state index contributed by atoms with van der Waals surface area (Å²) in [6.45, 7) is 18.3. The molecule has 0 aliphatic rings. The summed E-state index contributed by atoms with van der Waals surface area (Å²) in [6.07, 6.45) is 4.79. The molecule has 0 unspecified atom stereocenters. The van der Waals surface area contributed by atoms with E-state index in [-0.39, 0.29) is 29.0 Å². The number of rotatable bonds is 7. The van der Waals surface area contributed by atoms with Crippen molar-refractivity contribution in [2.75, 3.05) is 0 Å². The first-order valence-electron chi connectivity index (χ1n) is 4.39. The van der Waals surface area contributed by atoms with Crippen LogP contribution < -0.4 is 0 Å². The molecule has 0 amide bonds. The summed E-state index contributed by atoms with van der Waals surface area (Å²) >= 11 is 0. The van der Waals surface area contributed by atoms with Gasteiger partial charge in [0.05, 0.1) is 6.10 Å². The van der Waals surface area contributed by atoms with E-state index in [9.17, 15) is 9.59 Å². The third-order valence-electron chi connectivity index (χ3n) is 1.25. The Morgan fingerprint density at radius 1 is 1.26 bits per heavy atom. The van der Waals surface area contributed by atoms with Crippen LogP contribution >= 0.6 is 0 Å². The molecule has 0 N–H and O–H groups in total. The number of carbonyl (C=O) groups is 1. The van der Waals surface area contributed by atoms with Crippen LogP contribution in [0.2, 0.25) is 0 Å². The molecule has 0 aromatic rings. The van der Waals surface area contributed by atoms with E-state index in [4.69, 9.17) is 14.0 Å². The molecule has 19 heavy (non-hydrogen) atoms. The van der Waals surface area contributed by atoms with Crippen molar-refractivity contribution in [2.45, 2.75) is 26.4 Å². The number of ketones is 1. The number of ether oxygens (including phenoxy) is 1. The zero-order valence-electron chi connectivity index (χ0n) is 10.3. The van der Waals surface area contributed by atoms with Gasteiger partial charge >= 0.3 is 33.9 Å². The minimum atomic E-state index is -0.330. The van der Waals surface area contributed by atoms with Crippen LogP contribution in [0, 0.1) is 39.2 Å². The average Bonchev–Trinajstić information content (AvgIpc) is 2.45. The summed E-state index contributed by atoms with van der Waals surface area (Å²) in [5.74, 6) is 0.0496. The Morgan fingerprint density at radius 2 is 1.68 bits per heavy atom. The van der Waals surface area contributed by atoms with E-state index in [1.807, 2.05) is 0 Å². The van der Waals surface area contributed by atoms with Crippen molar-refractivity contribution in [3.8, 4) is 0 Å². The molecule has 0 heterocycles. The molecular weight excluding hydrogens is 296 g/mol. The molecule has 0 aromatic carbocycles. The summed E-state index contributed by atoms with van der Waals surface area (Å²) in [5.41, 5.74) is 0. The molecule has 6 nitrogen and oxygen atoms in total. The molecule has 0 bridgehead atoms. The van der Waals surface area contributed by atoms with Crippen molar-refractivity contribution in [2.24, 2.45) is 0 Å². The van der Waals surface area contributed by atoms with Gasteiger partial charge in [0.25, 0.3) is 0 Å². The molecule has 7 heteroatoms. The maximum atomic E-state index is 10.7.